The van der Waals surface area contributed by atoms with Crippen molar-refractivity contribution < 1.29 is 9.90 Å². The van der Waals surface area contributed by atoms with Gasteiger partial charge in [0.25, 0.3) is 0 Å². The topological polar surface area (TPSA) is 110 Å². The van der Waals surface area contributed by atoms with Gasteiger partial charge in [0, 0.05) is 51.0 Å². The fourth-order valence-electron chi connectivity index (χ4n) is 6.28. The number of aliphatic hydroxyl groups excluding tert-OH is 1. The molecular weight excluding hydrogens is 468 g/mol. The summed E-state index contributed by atoms with van der Waals surface area (Å²) in [5.41, 5.74) is 1.93. The van der Waals surface area contributed by atoms with Crippen LogP contribution in [-0.4, -0.2) is 87.8 Å². The fraction of sp³-hybridized carbons (Fsp3) is 0.556. The zero-order valence-corrected chi connectivity index (χ0v) is 21.4. The molecule has 1 amide bonds. The lowest BCUT2D eigenvalue weighted by atomic mass is 9.77. The molecule has 3 fully saturated rings. The van der Waals surface area contributed by atoms with E-state index in [4.69, 9.17) is 4.98 Å². The maximum Gasteiger partial charge on any atom is 0.246 e. The predicted octanol–water partition coefficient (Wildman–Crippen LogP) is 2.15. The molecule has 0 bridgehead atoms. The van der Waals surface area contributed by atoms with Crippen LogP contribution >= 0.6 is 0 Å². The number of piperazine rings is 2. The van der Waals surface area contributed by atoms with Gasteiger partial charge >= 0.3 is 0 Å². The van der Waals surface area contributed by atoms with Crippen molar-refractivity contribution in [1.82, 2.24) is 25.2 Å². The molecule has 10 heteroatoms. The van der Waals surface area contributed by atoms with Crippen LogP contribution in [0, 0.1) is 0 Å². The highest BCUT2D eigenvalue weighted by atomic mass is 16.3. The lowest BCUT2D eigenvalue weighted by Gasteiger charge is -2.54. The molecule has 10 nitrogen and oxygen atoms in total. The Hall–Kier alpha value is -3.24. The summed E-state index contributed by atoms with van der Waals surface area (Å²) < 4.78 is 0. The molecule has 4 aliphatic rings. The summed E-state index contributed by atoms with van der Waals surface area (Å²) in [6.45, 7) is 6.90. The van der Waals surface area contributed by atoms with Crippen molar-refractivity contribution in [3.8, 4) is 0 Å². The number of nitrogens with one attached hydrogen (secondary N) is 2. The van der Waals surface area contributed by atoms with Gasteiger partial charge in [0.05, 0.1) is 23.5 Å². The lowest BCUT2D eigenvalue weighted by molar-refractivity contribution is -0.123. The van der Waals surface area contributed by atoms with E-state index in [1.165, 1.54) is 19.3 Å². The first kappa shape index (κ1) is 24.1. The van der Waals surface area contributed by atoms with Crippen molar-refractivity contribution in [2.75, 3.05) is 54.4 Å². The van der Waals surface area contributed by atoms with Crippen LogP contribution in [0.4, 0.5) is 23.3 Å². The normalized spacial score (nSPS) is 23.8. The number of β-amino-alcohol motifs (C(OH)–C–C–N with tert-alkyl or cyclic N) is 1. The van der Waals surface area contributed by atoms with E-state index in [0.717, 1.165) is 62.6 Å². The van der Waals surface area contributed by atoms with E-state index in [0.29, 0.717) is 18.3 Å². The number of fused-ring (bicyclic) bond motifs is 4. The first-order valence-corrected chi connectivity index (χ1v) is 13.5. The van der Waals surface area contributed by atoms with Gasteiger partial charge in [0.2, 0.25) is 11.9 Å². The van der Waals surface area contributed by atoms with Gasteiger partial charge in [-0.25, -0.2) is 9.97 Å². The van der Waals surface area contributed by atoms with Crippen LogP contribution in [-0.2, 0) is 4.79 Å². The number of aliphatic hydroxyl groups is 1. The van der Waals surface area contributed by atoms with Gasteiger partial charge in [0.1, 0.15) is 17.7 Å². The SMILES string of the molecule is CC(O)CN1CCN(c2ccc(Nc3ncc4c(n3)N3C(C=C4)C(=O)NCC34CCCCC4)nc2)CC1. The number of anilines is 4. The maximum absolute atomic E-state index is 12.8. The van der Waals surface area contributed by atoms with E-state index in [1.807, 2.05) is 37.5 Å². The Balaban J connectivity index is 1.18. The van der Waals surface area contributed by atoms with E-state index >= 15 is 0 Å². The molecule has 196 valence electrons. The summed E-state index contributed by atoms with van der Waals surface area (Å²) in [7, 11) is 0. The Morgan fingerprint density at radius 1 is 1.14 bits per heavy atom. The Labute approximate surface area is 217 Å². The number of hydrogen-bond donors (Lipinski definition) is 3. The second kappa shape index (κ2) is 9.90. The van der Waals surface area contributed by atoms with Gasteiger partial charge in [-0.15, -0.1) is 0 Å². The summed E-state index contributed by atoms with van der Waals surface area (Å²) in [4.78, 5) is 33.7. The second-order valence-corrected chi connectivity index (χ2v) is 10.8. The molecule has 3 N–H and O–H groups in total. The largest absolute Gasteiger partial charge is 0.392 e. The Bertz CT molecular complexity index is 1150. The van der Waals surface area contributed by atoms with Crippen LogP contribution in [0.3, 0.4) is 0 Å². The van der Waals surface area contributed by atoms with Gasteiger partial charge in [-0.05, 0) is 31.9 Å². The van der Waals surface area contributed by atoms with Crippen LogP contribution in [0.15, 0.2) is 30.6 Å². The average molecular weight is 505 g/mol. The first-order valence-electron chi connectivity index (χ1n) is 13.5. The molecule has 0 radical (unpaired) electrons. The van der Waals surface area contributed by atoms with Crippen molar-refractivity contribution >= 4 is 35.3 Å². The second-order valence-electron chi connectivity index (χ2n) is 10.8. The summed E-state index contributed by atoms with van der Waals surface area (Å²) in [6.07, 6.45) is 13.1. The molecule has 2 atom stereocenters. The number of rotatable bonds is 5. The highest BCUT2D eigenvalue weighted by molar-refractivity contribution is 5.93. The molecule has 5 heterocycles. The fourth-order valence-corrected chi connectivity index (χ4v) is 6.28. The van der Waals surface area contributed by atoms with E-state index in [1.54, 1.807) is 0 Å². The molecule has 2 aromatic heterocycles. The minimum absolute atomic E-state index is 0.0372. The Morgan fingerprint density at radius 2 is 1.95 bits per heavy atom. The number of nitrogens with zero attached hydrogens (tertiary/aromatic N) is 6. The molecule has 2 saturated heterocycles. The number of amides is 1. The molecular formula is C27H36N8O2. The monoisotopic (exact) mass is 504 g/mol. The zero-order valence-electron chi connectivity index (χ0n) is 21.4. The third-order valence-electron chi connectivity index (χ3n) is 8.16. The molecule has 37 heavy (non-hydrogen) atoms. The first-order chi connectivity index (χ1) is 18.0. The standard InChI is InChI=1S/C27H36N8O2/c1-19(36)17-33-11-13-34(14-12-33)21-6-8-23(28-16-21)31-26-29-15-20-5-7-22-25(37)30-18-27(9-3-2-4-10-27)35(22)24(20)32-26/h5-8,15-16,19,22,36H,2-4,9-14,17-18H2,1H3,(H,30,37)(H,28,29,31,32). The molecule has 1 spiro atoms. The number of pyridine rings is 1. The number of aromatic nitrogens is 3. The molecule has 3 aliphatic heterocycles. The quantitative estimate of drug-likeness (QED) is 0.564. The van der Waals surface area contributed by atoms with Crippen LogP contribution in [0.1, 0.15) is 44.6 Å². The lowest BCUT2D eigenvalue weighted by Crippen LogP contribution is -2.69. The van der Waals surface area contributed by atoms with E-state index in [9.17, 15) is 9.90 Å². The van der Waals surface area contributed by atoms with E-state index in [2.05, 4.69) is 41.4 Å². The third kappa shape index (κ3) is 4.75. The van der Waals surface area contributed by atoms with Gasteiger partial charge < -0.3 is 25.5 Å². The van der Waals surface area contributed by atoms with Crippen LogP contribution in [0.5, 0.6) is 0 Å². The summed E-state index contributed by atoms with van der Waals surface area (Å²) >= 11 is 0. The van der Waals surface area contributed by atoms with Crippen LogP contribution in [0.25, 0.3) is 6.08 Å². The van der Waals surface area contributed by atoms with Crippen molar-refractivity contribution in [1.29, 1.82) is 0 Å². The smallest absolute Gasteiger partial charge is 0.246 e. The predicted molar refractivity (Wildman–Crippen MR) is 144 cm³/mol. The van der Waals surface area contributed by atoms with E-state index < -0.39 is 0 Å². The van der Waals surface area contributed by atoms with Crippen LogP contribution in [0.2, 0.25) is 0 Å². The van der Waals surface area contributed by atoms with Gasteiger partial charge in [0.15, 0.2) is 0 Å². The minimum atomic E-state index is -0.333. The summed E-state index contributed by atoms with van der Waals surface area (Å²) in [5, 5.41) is 16.1. The van der Waals surface area contributed by atoms with Gasteiger partial charge in [-0.1, -0.05) is 31.4 Å². The Kier molecular flexibility index (Phi) is 6.46. The number of carbonyl (C=O) groups excluding carboxylic acids is 1. The van der Waals surface area contributed by atoms with Gasteiger partial charge in [-0.3, -0.25) is 9.69 Å². The molecule has 0 aromatic carbocycles. The third-order valence-corrected chi connectivity index (χ3v) is 8.16. The van der Waals surface area contributed by atoms with Gasteiger partial charge in [-0.2, -0.15) is 4.98 Å². The van der Waals surface area contributed by atoms with Crippen molar-refractivity contribution in [3.05, 3.63) is 36.2 Å². The van der Waals surface area contributed by atoms with Crippen molar-refractivity contribution in [3.63, 3.8) is 0 Å². The summed E-state index contributed by atoms with van der Waals surface area (Å²) in [6, 6.07) is 3.70. The van der Waals surface area contributed by atoms with E-state index in [-0.39, 0.29) is 23.6 Å². The highest BCUT2D eigenvalue weighted by Crippen LogP contribution is 2.42. The average Bonchev–Trinajstić information content (AvgIpc) is 2.92. The van der Waals surface area contributed by atoms with Crippen LogP contribution < -0.4 is 20.4 Å². The molecule has 1 aliphatic carbocycles. The number of hydrogen-bond acceptors (Lipinski definition) is 9. The molecule has 2 aromatic rings. The zero-order chi connectivity index (χ0) is 25.4. The number of carbonyl (C=O) groups is 1. The van der Waals surface area contributed by atoms with Crippen molar-refractivity contribution in [2.24, 2.45) is 0 Å². The highest BCUT2D eigenvalue weighted by Gasteiger charge is 2.49. The van der Waals surface area contributed by atoms with Crippen molar-refractivity contribution in [2.45, 2.75) is 56.7 Å². The maximum atomic E-state index is 12.8. The summed E-state index contributed by atoms with van der Waals surface area (Å²) in [5.74, 6) is 2.03. The molecule has 6 rings (SSSR count). The molecule has 2 unspecified atom stereocenters. The minimum Gasteiger partial charge on any atom is -0.392 e. The Morgan fingerprint density at radius 3 is 2.68 bits per heavy atom. The molecule has 1 saturated carbocycles.